The predicted octanol–water partition coefficient (Wildman–Crippen LogP) is 3.75. The van der Waals surface area contributed by atoms with Gasteiger partial charge >= 0.3 is 0 Å². The Hall–Kier alpha value is -4.20. The van der Waals surface area contributed by atoms with Crippen molar-refractivity contribution in [3.05, 3.63) is 77.0 Å². The number of anilines is 4. The highest BCUT2D eigenvalue weighted by molar-refractivity contribution is 6.18. The Kier molecular flexibility index (Phi) is 6.18. The molecule has 1 aliphatic carbocycles. The van der Waals surface area contributed by atoms with Gasteiger partial charge < -0.3 is 21.3 Å². The molecule has 2 aliphatic rings. The van der Waals surface area contributed by atoms with Gasteiger partial charge in [-0.15, -0.1) is 0 Å². The zero-order chi connectivity index (χ0) is 25.4. The number of hydrogen-bond acceptors (Lipinski definition) is 7. The fourth-order valence-electron chi connectivity index (χ4n) is 5.21. The summed E-state index contributed by atoms with van der Waals surface area (Å²) < 4.78 is 0. The summed E-state index contributed by atoms with van der Waals surface area (Å²) in [5.74, 6) is 2.02. The Balaban J connectivity index is 1.34. The second kappa shape index (κ2) is 9.45. The lowest BCUT2D eigenvalue weighted by atomic mass is 9.94. The average Bonchev–Trinajstić information content (AvgIpc) is 3.28. The molecule has 1 amide bonds. The summed E-state index contributed by atoms with van der Waals surface area (Å²) in [6, 6.07) is 15.9. The van der Waals surface area contributed by atoms with Gasteiger partial charge in [0.15, 0.2) is 0 Å². The number of rotatable bonds is 7. The molecule has 2 heterocycles. The first-order chi connectivity index (χ1) is 17.4. The predicted molar refractivity (Wildman–Crippen MR) is 146 cm³/mol. The average molecular weight is 482 g/mol. The van der Waals surface area contributed by atoms with Crippen LogP contribution in [-0.2, 0) is 4.79 Å². The van der Waals surface area contributed by atoms with E-state index < -0.39 is 0 Å². The number of nitrogens with zero attached hydrogens (tertiary/aromatic N) is 3. The summed E-state index contributed by atoms with van der Waals surface area (Å²) in [4.78, 5) is 22.4. The molecule has 5 N–H and O–H groups in total. The molecule has 1 aliphatic heterocycles. The maximum absolute atomic E-state index is 11.3. The van der Waals surface area contributed by atoms with Crippen LogP contribution in [0.25, 0.3) is 0 Å². The number of pyridine rings is 1. The van der Waals surface area contributed by atoms with Crippen LogP contribution >= 0.6 is 0 Å². The van der Waals surface area contributed by atoms with Crippen molar-refractivity contribution < 1.29 is 4.79 Å². The fourth-order valence-corrected chi connectivity index (χ4v) is 5.21. The molecule has 1 aromatic heterocycles. The van der Waals surface area contributed by atoms with E-state index in [0.717, 1.165) is 52.5 Å². The number of amides is 1. The molecule has 5 rings (SSSR count). The van der Waals surface area contributed by atoms with Crippen LogP contribution in [0.5, 0.6) is 0 Å². The number of hydrogen-bond donors (Lipinski definition) is 4. The van der Waals surface area contributed by atoms with E-state index in [1.807, 2.05) is 61.7 Å². The smallest absolute Gasteiger partial charge is 0.217 e. The highest BCUT2D eigenvalue weighted by Crippen LogP contribution is 2.46. The number of benzene rings is 2. The van der Waals surface area contributed by atoms with Crippen LogP contribution in [0.4, 0.5) is 22.9 Å². The summed E-state index contributed by atoms with van der Waals surface area (Å²) in [7, 11) is 1.70. The van der Waals surface area contributed by atoms with Gasteiger partial charge in [-0.2, -0.15) is 0 Å². The van der Waals surface area contributed by atoms with Crippen molar-refractivity contribution in [2.24, 2.45) is 16.8 Å². The summed E-state index contributed by atoms with van der Waals surface area (Å²) in [5.41, 5.74) is 12.1. The van der Waals surface area contributed by atoms with Crippen LogP contribution in [0.3, 0.4) is 0 Å². The Labute approximate surface area is 211 Å². The fraction of sp³-hybridized carbons (Fsp3) is 0.286. The summed E-state index contributed by atoms with van der Waals surface area (Å²) in [5, 5.41) is 15.5. The lowest BCUT2D eigenvalue weighted by Gasteiger charge is -2.22. The molecule has 0 bridgehead atoms. The first-order valence-electron chi connectivity index (χ1n) is 12.1. The molecular weight excluding hydrogens is 450 g/mol. The van der Waals surface area contributed by atoms with Gasteiger partial charge in [0, 0.05) is 73.5 Å². The lowest BCUT2D eigenvalue weighted by Crippen LogP contribution is -2.33. The highest BCUT2D eigenvalue weighted by atomic mass is 16.1. The Morgan fingerprint density at radius 1 is 1.14 bits per heavy atom. The number of aryl methyl sites for hydroxylation is 1. The zero-order valence-corrected chi connectivity index (χ0v) is 20.7. The Morgan fingerprint density at radius 2 is 1.86 bits per heavy atom. The SMILES string of the molecule is CN=Cc1c(N)cccc1C(=N)c1cccc(C)c1Nc1ccc(N2CC3C(C2)C3NC(C)=O)nc1. The van der Waals surface area contributed by atoms with Crippen molar-refractivity contribution in [3.63, 3.8) is 0 Å². The number of fused-ring (bicyclic) bond motifs is 1. The van der Waals surface area contributed by atoms with Gasteiger partial charge in [-0.3, -0.25) is 15.2 Å². The standard InChI is InChI=1S/C28H31N7O/c1-16-6-4-8-20(26(30)19-7-5-9-24(29)21(19)13-31-3)27(16)34-18-10-11-25(32-12-18)35-14-22-23(15-35)28(22)33-17(2)36/h4-13,22-23,28,30,34H,14-15,29H2,1-3H3,(H,33,36). The number of piperidine rings is 1. The monoisotopic (exact) mass is 481 g/mol. The van der Waals surface area contributed by atoms with Crippen LogP contribution in [0.15, 0.2) is 59.7 Å². The minimum Gasteiger partial charge on any atom is -0.398 e. The molecule has 0 radical (unpaired) electrons. The zero-order valence-electron chi connectivity index (χ0n) is 20.7. The molecule has 1 saturated carbocycles. The summed E-state index contributed by atoms with van der Waals surface area (Å²) >= 11 is 0. The summed E-state index contributed by atoms with van der Waals surface area (Å²) in [6.45, 7) is 5.43. The molecule has 184 valence electrons. The third-order valence-corrected chi connectivity index (χ3v) is 7.11. The number of aromatic nitrogens is 1. The van der Waals surface area contributed by atoms with Crippen molar-refractivity contribution in [2.45, 2.75) is 19.9 Å². The largest absolute Gasteiger partial charge is 0.398 e. The number of nitrogens with two attached hydrogens (primary N) is 1. The maximum atomic E-state index is 11.3. The second-order valence-electron chi connectivity index (χ2n) is 9.56. The number of nitrogens with one attached hydrogen (secondary N) is 3. The quantitative estimate of drug-likeness (QED) is 0.303. The highest BCUT2D eigenvalue weighted by Gasteiger charge is 2.56. The minimum absolute atomic E-state index is 0.0450. The molecule has 8 heteroatoms. The van der Waals surface area contributed by atoms with Gasteiger partial charge in [0.1, 0.15) is 5.82 Å². The Bertz CT molecular complexity index is 1340. The van der Waals surface area contributed by atoms with Crippen LogP contribution in [0.2, 0.25) is 0 Å². The van der Waals surface area contributed by atoms with Crippen molar-refractivity contribution in [3.8, 4) is 0 Å². The number of para-hydroxylation sites is 1. The van der Waals surface area contributed by atoms with Crippen LogP contribution in [0, 0.1) is 24.2 Å². The van der Waals surface area contributed by atoms with Crippen LogP contribution in [0.1, 0.15) is 29.2 Å². The molecule has 2 aromatic carbocycles. The maximum Gasteiger partial charge on any atom is 0.217 e. The third kappa shape index (κ3) is 4.42. The first-order valence-corrected chi connectivity index (χ1v) is 12.1. The number of carbonyl (C=O) groups is 1. The number of carbonyl (C=O) groups excluding carboxylic acids is 1. The topological polar surface area (TPSA) is 119 Å². The first kappa shape index (κ1) is 23.5. The van der Waals surface area contributed by atoms with Crippen molar-refractivity contribution in [1.82, 2.24) is 10.3 Å². The van der Waals surface area contributed by atoms with Crippen LogP contribution < -0.4 is 21.3 Å². The van der Waals surface area contributed by atoms with Gasteiger partial charge in [-0.1, -0.05) is 30.3 Å². The van der Waals surface area contributed by atoms with E-state index in [4.69, 9.17) is 16.1 Å². The second-order valence-corrected chi connectivity index (χ2v) is 9.56. The van der Waals surface area contributed by atoms with E-state index in [-0.39, 0.29) is 5.91 Å². The minimum atomic E-state index is 0.0450. The van der Waals surface area contributed by atoms with E-state index in [0.29, 0.717) is 29.3 Å². The van der Waals surface area contributed by atoms with Gasteiger partial charge in [-0.25, -0.2) is 4.98 Å². The van der Waals surface area contributed by atoms with Crippen molar-refractivity contribution >= 4 is 40.7 Å². The third-order valence-electron chi connectivity index (χ3n) is 7.11. The van der Waals surface area contributed by atoms with Gasteiger partial charge in [0.2, 0.25) is 5.91 Å². The van der Waals surface area contributed by atoms with Gasteiger partial charge in [-0.05, 0) is 30.7 Å². The van der Waals surface area contributed by atoms with E-state index in [2.05, 4.69) is 20.5 Å². The van der Waals surface area contributed by atoms with E-state index in [1.54, 1.807) is 20.2 Å². The van der Waals surface area contributed by atoms with Gasteiger partial charge in [0.05, 0.1) is 23.3 Å². The van der Waals surface area contributed by atoms with E-state index in [1.165, 1.54) is 0 Å². The molecule has 3 aromatic rings. The molecule has 0 spiro atoms. The molecule has 2 fully saturated rings. The normalized spacial score (nSPS) is 20.3. The number of aliphatic imine (C=N–C) groups is 1. The van der Waals surface area contributed by atoms with Gasteiger partial charge in [0.25, 0.3) is 0 Å². The molecule has 2 unspecified atom stereocenters. The van der Waals surface area contributed by atoms with E-state index >= 15 is 0 Å². The lowest BCUT2D eigenvalue weighted by molar-refractivity contribution is -0.119. The van der Waals surface area contributed by atoms with Crippen LogP contribution in [-0.4, -0.2) is 49.0 Å². The van der Waals surface area contributed by atoms with Crippen molar-refractivity contribution in [1.29, 1.82) is 5.41 Å². The number of nitrogen functional groups attached to an aromatic ring is 1. The molecule has 2 atom stereocenters. The molecule has 36 heavy (non-hydrogen) atoms. The van der Waals surface area contributed by atoms with Crippen molar-refractivity contribution in [2.75, 3.05) is 36.1 Å². The Morgan fingerprint density at radius 3 is 2.53 bits per heavy atom. The summed E-state index contributed by atoms with van der Waals surface area (Å²) in [6.07, 6.45) is 3.53. The molecule has 8 nitrogen and oxygen atoms in total. The molecular formula is C28H31N7O. The molecule has 1 saturated heterocycles. The van der Waals surface area contributed by atoms with E-state index in [9.17, 15) is 4.79 Å².